The molecule has 2 atom stereocenters. The van der Waals surface area contributed by atoms with Gasteiger partial charge in [-0.05, 0) is 62.8 Å². The number of carbonyl (C=O) groups is 1. The largest absolute Gasteiger partial charge is 0.416 e. The Morgan fingerprint density at radius 1 is 1.05 bits per heavy atom. The summed E-state index contributed by atoms with van der Waals surface area (Å²) < 4.78 is 64.5. The van der Waals surface area contributed by atoms with Crippen LogP contribution in [0.3, 0.4) is 0 Å². The molecule has 3 aliphatic heterocycles. The zero-order valence-corrected chi connectivity index (χ0v) is 24.1. The lowest BCUT2D eigenvalue weighted by molar-refractivity contribution is -0.137. The van der Waals surface area contributed by atoms with Crippen LogP contribution < -0.4 is 10.2 Å². The van der Waals surface area contributed by atoms with Gasteiger partial charge in [-0.2, -0.15) is 13.2 Å². The first-order chi connectivity index (χ1) is 20.6. The van der Waals surface area contributed by atoms with Crippen LogP contribution in [0.1, 0.15) is 57.8 Å². The van der Waals surface area contributed by atoms with Crippen LogP contribution in [0.25, 0.3) is 11.5 Å². The normalized spacial score (nSPS) is 21.6. The molecule has 5 heterocycles. The number of amides is 1. The Hall–Kier alpha value is -3.58. The minimum Gasteiger partial charge on any atom is -0.378 e. The van der Waals surface area contributed by atoms with E-state index >= 15 is 0 Å². The molecule has 1 aromatic carbocycles. The Balaban J connectivity index is 1.24. The van der Waals surface area contributed by atoms with E-state index in [0.717, 1.165) is 11.6 Å². The van der Waals surface area contributed by atoms with Crippen LogP contribution in [-0.4, -0.2) is 77.0 Å². The van der Waals surface area contributed by atoms with Gasteiger partial charge in [0.05, 0.1) is 12.2 Å². The van der Waals surface area contributed by atoms with Crippen molar-refractivity contribution < 1.29 is 31.6 Å². The van der Waals surface area contributed by atoms with Crippen molar-refractivity contribution in [1.29, 1.82) is 0 Å². The minimum absolute atomic E-state index is 0.104. The topological polar surface area (TPSA) is 96.6 Å². The molecule has 3 aromatic rings. The fraction of sp³-hybridized carbons (Fsp3) is 0.533. The number of carbonyl (C=O) groups excluding carboxylic acids is 1. The van der Waals surface area contributed by atoms with E-state index in [2.05, 4.69) is 15.5 Å². The second kappa shape index (κ2) is 11.8. The maximum absolute atomic E-state index is 14.3. The zero-order valence-electron chi connectivity index (χ0n) is 24.1. The first-order valence-corrected chi connectivity index (χ1v) is 14.6. The van der Waals surface area contributed by atoms with Crippen molar-refractivity contribution >= 4 is 11.7 Å². The summed E-state index contributed by atoms with van der Waals surface area (Å²) in [6.07, 6.45) is -3.05. The van der Waals surface area contributed by atoms with Gasteiger partial charge in [-0.25, -0.2) is 14.4 Å². The molecule has 1 amide bonds. The molecule has 0 radical (unpaired) electrons. The Kier molecular flexibility index (Phi) is 8.12. The number of hydrogen-bond acceptors (Lipinski definition) is 8. The highest BCUT2D eigenvalue weighted by atomic mass is 19.4. The highest BCUT2D eigenvalue weighted by Crippen LogP contribution is 2.34. The lowest BCUT2D eigenvalue weighted by Gasteiger charge is -2.37. The number of halogens is 4. The van der Waals surface area contributed by atoms with Gasteiger partial charge in [-0.3, -0.25) is 4.79 Å². The number of ether oxygens (including phenoxy) is 1. The SMILES string of the molecule is Cc1cc(-c2nc(C(=O)N3CCC(N[C@H]4CCOCC4F)CC3)c(C)c(N3CCc4cc(C(F)(F)F)ccc4C3)n2)no1. The molecule has 0 saturated carbocycles. The molecule has 2 aromatic heterocycles. The van der Waals surface area contributed by atoms with E-state index in [0.29, 0.717) is 86.9 Å². The molecule has 43 heavy (non-hydrogen) atoms. The monoisotopic (exact) mass is 602 g/mol. The van der Waals surface area contributed by atoms with Crippen molar-refractivity contribution in [2.75, 3.05) is 37.7 Å². The highest BCUT2D eigenvalue weighted by molar-refractivity contribution is 5.95. The summed E-state index contributed by atoms with van der Waals surface area (Å²) in [6, 6.07) is 5.38. The number of nitrogens with one attached hydrogen (secondary N) is 1. The number of rotatable bonds is 5. The second-order valence-corrected chi connectivity index (χ2v) is 11.5. The number of alkyl halides is 4. The van der Waals surface area contributed by atoms with Crippen LogP contribution in [0.5, 0.6) is 0 Å². The summed E-state index contributed by atoms with van der Waals surface area (Å²) >= 11 is 0. The smallest absolute Gasteiger partial charge is 0.378 e. The van der Waals surface area contributed by atoms with Gasteiger partial charge in [0.2, 0.25) is 0 Å². The van der Waals surface area contributed by atoms with Gasteiger partial charge in [0, 0.05) is 56.5 Å². The van der Waals surface area contributed by atoms with Crippen molar-refractivity contribution in [3.05, 3.63) is 58.0 Å². The third-order valence-electron chi connectivity index (χ3n) is 8.54. The third kappa shape index (κ3) is 6.23. The van der Waals surface area contributed by atoms with E-state index in [-0.39, 0.29) is 36.1 Å². The molecule has 3 aliphatic rings. The van der Waals surface area contributed by atoms with E-state index < -0.39 is 17.9 Å². The van der Waals surface area contributed by atoms with Crippen molar-refractivity contribution in [2.24, 2.45) is 0 Å². The van der Waals surface area contributed by atoms with Gasteiger partial charge < -0.3 is 24.4 Å². The van der Waals surface area contributed by atoms with Gasteiger partial charge in [0.15, 0.2) is 11.5 Å². The Morgan fingerprint density at radius 3 is 2.53 bits per heavy atom. The van der Waals surface area contributed by atoms with Crippen molar-refractivity contribution in [1.82, 2.24) is 25.3 Å². The lowest BCUT2D eigenvalue weighted by atomic mass is 9.96. The number of aryl methyl sites for hydroxylation is 1. The van der Waals surface area contributed by atoms with Crippen LogP contribution in [0.4, 0.5) is 23.4 Å². The number of nitrogens with zero attached hydrogens (tertiary/aromatic N) is 5. The van der Waals surface area contributed by atoms with Crippen molar-refractivity contribution in [3.8, 4) is 11.5 Å². The van der Waals surface area contributed by atoms with E-state index in [9.17, 15) is 22.4 Å². The molecular formula is C30H34F4N6O3. The quantitative estimate of drug-likeness (QED) is 0.422. The number of hydrogen-bond donors (Lipinski definition) is 1. The van der Waals surface area contributed by atoms with Crippen molar-refractivity contribution in [3.63, 3.8) is 0 Å². The molecule has 230 valence electrons. The average Bonchev–Trinajstić information content (AvgIpc) is 3.43. The summed E-state index contributed by atoms with van der Waals surface area (Å²) in [5, 5.41) is 7.47. The van der Waals surface area contributed by atoms with E-state index in [4.69, 9.17) is 14.2 Å². The fourth-order valence-corrected chi connectivity index (χ4v) is 6.11. The van der Waals surface area contributed by atoms with Gasteiger partial charge in [-0.15, -0.1) is 0 Å². The number of aromatic nitrogens is 3. The third-order valence-corrected chi connectivity index (χ3v) is 8.54. The lowest BCUT2D eigenvalue weighted by Crippen LogP contribution is -2.52. The van der Waals surface area contributed by atoms with Gasteiger partial charge in [-0.1, -0.05) is 11.2 Å². The maximum atomic E-state index is 14.3. The van der Waals surface area contributed by atoms with Crippen LogP contribution >= 0.6 is 0 Å². The summed E-state index contributed by atoms with van der Waals surface area (Å²) in [5.41, 5.74) is 1.99. The second-order valence-electron chi connectivity index (χ2n) is 11.5. The van der Waals surface area contributed by atoms with Crippen molar-refractivity contribution in [2.45, 2.75) is 70.5 Å². The van der Waals surface area contributed by atoms with Gasteiger partial charge in [0.1, 0.15) is 23.4 Å². The Labute approximate surface area is 246 Å². The van der Waals surface area contributed by atoms with Crippen LogP contribution in [-0.2, 0) is 23.9 Å². The molecule has 0 aliphatic carbocycles. The highest BCUT2D eigenvalue weighted by Gasteiger charge is 2.34. The molecule has 1 N–H and O–H groups in total. The first kappa shape index (κ1) is 29.5. The van der Waals surface area contributed by atoms with E-state index in [1.807, 2.05) is 4.90 Å². The summed E-state index contributed by atoms with van der Waals surface area (Å²) in [6.45, 7) is 5.94. The number of benzene rings is 1. The number of fused-ring (bicyclic) bond motifs is 1. The van der Waals surface area contributed by atoms with E-state index in [1.54, 1.807) is 24.8 Å². The number of likely N-dealkylation sites (tertiary alicyclic amines) is 1. The van der Waals surface area contributed by atoms with Crippen LogP contribution in [0.2, 0.25) is 0 Å². The fourth-order valence-electron chi connectivity index (χ4n) is 6.11. The maximum Gasteiger partial charge on any atom is 0.416 e. The van der Waals surface area contributed by atoms with Gasteiger partial charge in [0.25, 0.3) is 5.91 Å². The molecular weight excluding hydrogens is 568 g/mol. The number of anilines is 1. The summed E-state index contributed by atoms with van der Waals surface area (Å²) in [7, 11) is 0. The molecule has 0 bridgehead atoms. The molecule has 13 heteroatoms. The molecule has 2 fully saturated rings. The molecule has 1 unspecified atom stereocenters. The Bertz CT molecular complexity index is 1490. The standard InChI is InChI=1S/C30H34F4N6O3/c1-17-13-25(38-43-17)27-36-26(29(41)39-10-6-22(7-11-39)35-24-8-12-42-16-23(24)31)18(2)28(37-27)40-9-5-19-14-21(30(32,33)34)4-3-20(19)15-40/h3-4,13-14,22-24,35H,5-12,15-16H2,1-2H3/t23?,24-/m0/s1. The minimum atomic E-state index is -4.40. The van der Waals surface area contributed by atoms with Gasteiger partial charge >= 0.3 is 6.18 Å². The number of piperidine rings is 1. The molecule has 9 nitrogen and oxygen atoms in total. The first-order valence-electron chi connectivity index (χ1n) is 14.6. The zero-order chi connectivity index (χ0) is 30.3. The summed E-state index contributed by atoms with van der Waals surface area (Å²) in [4.78, 5) is 27.0. The van der Waals surface area contributed by atoms with Crippen LogP contribution in [0.15, 0.2) is 28.8 Å². The molecule has 2 saturated heterocycles. The Morgan fingerprint density at radius 2 is 1.84 bits per heavy atom. The van der Waals surface area contributed by atoms with E-state index in [1.165, 1.54) is 12.1 Å². The molecule has 6 rings (SSSR count). The predicted octanol–water partition coefficient (Wildman–Crippen LogP) is 4.65. The predicted molar refractivity (Wildman–Crippen MR) is 149 cm³/mol. The molecule has 0 spiro atoms. The average molecular weight is 603 g/mol. The summed E-state index contributed by atoms with van der Waals surface area (Å²) in [5.74, 6) is 1.10. The van der Waals surface area contributed by atoms with Crippen LogP contribution in [0, 0.1) is 13.8 Å².